The number of aliphatic carboxylic acids is 1. The van der Waals surface area contributed by atoms with Crippen LogP contribution >= 0.6 is 0 Å². The fraction of sp³-hybridized carbons (Fsp3) is 0.278. The van der Waals surface area contributed by atoms with Crippen molar-refractivity contribution in [3.63, 3.8) is 0 Å². The van der Waals surface area contributed by atoms with E-state index in [9.17, 15) is 9.90 Å². The van der Waals surface area contributed by atoms with Crippen molar-refractivity contribution in [1.29, 1.82) is 0 Å². The number of fused-ring (bicyclic) bond motifs is 1. The van der Waals surface area contributed by atoms with Crippen molar-refractivity contribution in [1.82, 2.24) is 0 Å². The molecule has 3 heteroatoms. The molecule has 0 aliphatic carbocycles. The number of carboxylic acids is 1. The molecule has 1 N–H and O–H groups in total. The highest BCUT2D eigenvalue weighted by atomic mass is 16.5. The Morgan fingerprint density at radius 3 is 2.62 bits per heavy atom. The quantitative estimate of drug-likeness (QED) is 0.913. The number of carboxylic acid groups (broad SMARTS) is 1. The molecule has 0 fully saturated rings. The van der Waals surface area contributed by atoms with E-state index in [0.29, 0.717) is 19.4 Å². The average Bonchev–Trinajstić information content (AvgIpc) is 2.91. The fourth-order valence-electron chi connectivity index (χ4n) is 2.94. The topological polar surface area (TPSA) is 46.5 Å². The third kappa shape index (κ3) is 3.07. The van der Waals surface area contributed by atoms with Gasteiger partial charge in [0.2, 0.25) is 0 Å². The first kappa shape index (κ1) is 13.7. The van der Waals surface area contributed by atoms with Gasteiger partial charge < -0.3 is 9.84 Å². The maximum absolute atomic E-state index is 11.6. The van der Waals surface area contributed by atoms with E-state index in [4.69, 9.17) is 4.74 Å². The van der Waals surface area contributed by atoms with Crippen molar-refractivity contribution in [2.24, 2.45) is 5.92 Å². The molecule has 0 saturated carbocycles. The Balaban J connectivity index is 1.73. The Morgan fingerprint density at radius 2 is 1.86 bits per heavy atom. The maximum Gasteiger partial charge on any atom is 0.306 e. The van der Waals surface area contributed by atoms with Gasteiger partial charge in [0, 0.05) is 11.5 Å². The van der Waals surface area contributed by atoms with Crippen molar-refractivity contribution in [3.05, 3.63) is 65.7 Å². The minimum Gasteiger partial charge on any atom is -0.493 e. The number of ether oxygens (including phenoxy) is 1. The summed E-state index contributed by atoms with van der Waals surface area (Å²) in [5, 5.41) is 9.50. The molecule has 3 nitrogen and oxygen atoms in total. The first-order valence-corrected chi connectivity index (χ1v) is 7.22. The van der Waals surface area contributed by atoms with Gasteiger partial charge in [-0.2, -0.15) is 0 Å². The summed E-state index contributed by atoms with van der Waals surface area (Å²) in [4.78, 5) is 11.6. The van der Waals surface area contributed by atoms with Crippen molar-refractivity contribution in [2.45, 2.75) is 18.8 Å². The van der Waals surface area contributed by atoms with Gasteiger partial charge in [0.25, 0.3) is 0 Å². The van der Waals surface area contributed by atoms with E-state index >= 15 is 0 Å². The number of carbonyl (C=O) groups is 1. The fourth-order valence-corrected chi connectivity index (χ4v) is 2.94. The smallest absolute Gasteiger partial charge is 0.306 e. The SMILES string of the molecule is O=C(O)C(Cc1ccccc1)CC1COc2ccccc21. The lowest BCUT2D eigenvalue weighted by Crippen LogP contribution is -2.20. The summed E-state index contributed by atoms with van der Waals surface area (Å²) >= 11 is 0. The van der Waals surface area contributed by atoms with Crippen LogP contribution in [0.3, 0.4) is 0 Å². The van der Waals surface area contributed by atoms with Gasteiger partial charge in [0.1, 0.15) is 5.75 Å². The summed E-state index contributed by atoms with van der Waals surface area (Å²) in [6, 6.07) is 17.7. The summed E-state index contributed by atoms with van der Waals surface area (Å²) in [6.45, 7) is 0.581. The third-order valence-electron chi connectivity index (χ3n) is 4.04. The van der Waals surface area contributed by atoms with E-state index in [1.54, 1.807) is 0 Å². The monoisotopic (exact) mass is 282 g/mol. The minimum absolute atomic E-state index is 0.172. The van der Waals surface area contributed by atoms with Crippen molar-refractivity contribution in [3.8, 4) is 5.75 Å². The van der Waals surface area contributed by atoms with Crippen LogP contribution in [0.15, 0.2) is 54.6 Å². The Kier molecular flexibility index (Phi) is 3.91. The lowest BCUT2D eigenvalue weighted by atomic mass is 9.86. The Labute approximate surface area is 124 Å². The molecule has 0 bridgehead atoms. The third-order valence-corrected chi connectivity index (χ3v) is 4.04. The van der Waals surface area contributed by atoms with Gasteiger partial charge in [-0.05, 0) is 24.5 Å². The van der Waals surface area contributed by atoms with Crippen LogP contribution in [0, 0.1) is 5.92 Å². The molecule has 2 aromatic rings. The standard InChI is InChI=1S/C18H18O3/c19-18(20)14(10-13-6-2-1-3-7-13)11-15-12-21-17-9-5-4-8-16(15)17/h1-9,14-15H,10-12H2,(H,19,20). The molecule has 21 heavy (non-hydrogen) atoms. The zero-order valence-corrected chi connectivity index (χ0v) is 11.7. The average molecular weight is 282 g/mol. The van der Waals surface area contributed by atoms with Gasteiger partial charge in [-0.25, -0.2) is 0 Å². The predicted molar refractivity (Wildman–Crippen MR) is 80.6 cm³/mol. The zero-order valence-electron chi connectivity index (χ0n) is 11.7. The van der Waals surface area contributed by atoms with Gasteiger partial charge in [0.05, 0.1) is 12.5 Å². The summed E-state index contributed by atoms with van der Waals surface area (Å²) in [7, 11) is 0. The molecule has 0 radical (unpaired) electrons. The number of hydrogen-bond donors (Lipinski definition) is 1. The highest BCUT2D eigenvalue weighted by Crippen LogP contribution is 2.37. The number of benzene rings is 2. The van der Waals surface area contributed by atoms with Gasteiger partial charge >= 0.3 is 5.97 Å². The first-order valence-electron chi connectivity index (χ1n) is 7.22. The molecule has 0 aromatic heterocycles. The largest absolute Gasteiger partial charge is 0.493 e. The van der Waals surface area contributed by atoms with Crippen LogP contribution in [0.2, 0.25) is 0 Å². The summed E-state index contributed by atoms with van der Waals surface area (Å²) in [6.07, 6.45) is 1.18. The van der Waals surface area contributed by atoms with E-state index < -0.39 is 5.97 Å². The first-order chi connectivity index (χ1) is 10.2. The number of hydrogen-bond acceptors (Lipinski definition) is 2. The summed E-state index contributed by atoms with van der Waals surface area (Å²) < 4.78 is 5.65. The van der Waals surface area contributed by atoms with E-state index in [1.165, 1.54) is 0 Å². The van der Waals surface area contributed by atoms with E-state index in [1.807, 2.05) is 54.6 Å². The van der Waals surface area contributed by atoms with Crippen molar-refractivity contribution >= 4 is 5.97 Å². The molecule has 3 rings (SSSR count). The van der Waals surface area contributed by atoms with Gasteiger partial charge in [-0.15, -0.1) is 0 Å². The molecule has 2 aromatic carbocycles. The van der Waals surface area contributed by atoms with E-state index in [-0.39, 0.29) is 11.8 Å². The highest BCUT2D eigenvalue weighted by molar-refractivity contribution is 5.70. The lowest BCUT2D eigenvalue weighted by Gasteiger charge is -2.16. The van der Waals surface area contributed by atoms with Crippen molar-refractivity contribution in [2.75, 3.05) is 6.61 Å². The second kappa shape index (κ2) is 6.00. The van der Waals surface area contributed by atoms with Crippen LogP contribution < -0.4 is 4.74 Å². The molecule has 1 aliphatic heterocycles. The molecular formula is C18H18O3. The highest BCUT2D eigenvalue weighted by Gasteiger charge is 2.29. The van der Waals surface area contributed by atoms with Crippen LogP contribution in [0.5, 0.6) is 5.75 Å². The van der Waals surface area contributed by atoms with Crippen LogP contribution in [0.1, 0.15) is 23.5 Å². The van der Waals surface area contributed by atoms with Gasteiger partial charge in [0.15, 0.2) is 0 Å². The maximum atomic E-state index is 11.6. The molecule has 1 aliphatic rings. The molecule has 2 unspecified atom stereocenters. The Morgan fingerprint density at radius 1 is 1.14 bits per heavy atom. The zero-order chi connectivity index (χ0) is 14.7. The van der Waals surface area contributed by atoms with Crippen LogP contribution in [0.4, 0.5) is 0 Å². The van der Waals surface area contributed by atoms with Crippen LogP contribution in [0.25, 0.3) is 0 Å². The van der Waals surface area contributed by atoms with E-state index in [0.717, 1.165) is 16.9 Å². The normalized spacial score (nSPS) is 17.8. The molecule has 0 saturated heterocycles. The summed E-state index contributed by atoms with van der Waals surface area (Å²) in [5.74, 6) is -0.0484. The van der Waals surface area contributed by atoms with Crippen molar-refractivity contribution < 1.29 is 14.6 Å². The second-order valence-electron chi connectivity index (χ2n) is 5.51. The minimum atomic E-state index is -0.733. The molecule has 2 atom stereocenters. The number of para-hydroxylation sites is 1. The number of rotatable bonds is 5. The Bertz CT molecular complexity index is 621. The molecule has 1 heterocycles. The molecule has 0 amide bonds. The second-order valence-corrected chi connectivity index (χ2v) is 5.51. The van der Waals surface area contributed by atoms with E-state index in [2.05, 4.69) is 0 Å². The molecular weight excluding hydrogens is 264 g/mol. The molecule has 108 valence electrons. The summed E-state index contributed by atoms with van der Waals surface area (Å²) in [5.41, 5.74) is 2.20. The predicted octanol–water partition coefficient (Wildman–Crippen LogP) is 3.50. The molecule has 0 spiro atoms. The van der Waals surface area contributed by atoms with Gasteiger partial charge in [-0.1, -0.05) is 48.5 Å². The van der Waals surface area contributed by atoms with Crippen LogP contribution in [-0.4, -0.2) is 17.7 Å². The van der Waals surface area contributed by atoms with Crippen LogP contribution in [-0.2, 0) is 11.2 Å². The lowest BCUT2D eigenvalue weighted by molar-refractivity contribution is -0.142. The van der Waals surface area contributed by atoms with Gasteiger partial charge in [-0.3, -0.25) is 4.79 Å². The Hall–Kier alpha value is -2.29.